The summed E-state index contributed by atoms with van der Waals surface area (Å²) >= 11 is 11.3. The SMILES string of the molecule is CC(=O)c1c(C(F)F)ccc(Cl)c1Cl. The Labute approximate surface area is 89.6 Å². The zero-order chi connectivity index (χ0) is 10.9. The lowest BCUT2D eigenvalue weighted by Crippen LogP contribution is -2.01. The highest BCUT2D eigenvalue weighted by atomic mass is 35.5. The van der Waals surface area contributed by atoms with Gasteiger partial charge in [-0.05, 0) is 13.0 Å². The van der Waals surface area contributed by atoms with Gasteiger partial charge in [-0.15, -0.1) is 0 Å². The first-order chi connectivity index (χ1) is 6.45. The summed E-state index contributed by atoms with van der Waals surface area (Å²) in [6.45, 7) is 1.17. The number of carbonyl (C=O) groups excluding carboxylic acids is 1. The molecule has 0 saturated carbocycles. The molecule has 0 atom stereocenters. The monoisotopic (exact) mass is 238 g/mol. The van der Waals surface area contributed by atoms with Gasteiger partial charge in [0.2, 0.25) is 0 Å². The second kappa shape index (κ2) is 4.24. The molecular formula is C9H6Cl2F2O. The molecule has 1 aromatic rings. The molecule has 0 amide bonds. The number of rotatable bonds is 2. The van der Waals surface area contributed by atoms with Crippen molar-refractivity contribution >= 4 is 29.0 Å². The van der Waals surface area contributed by atoms with Gasteiger partial charge in [0.05, 0.1) is 10.0 Å². The first-order valence-electron chi connectivity index (χ1n) is 3.72. The molecule has 0 unspecified atom stereocenters. The largest absolute Gasteiger partial charge is 0.294 e. The summed E-state index contributed by atoms with van der Waals surface area (Å²) in [4.78, 5) is 11.1. The van der Waals surface area contributed by atoms with Gasteiger partial charge in [-0.1, -0.05) is 29.3 Å². The van der Waals surface area contributed by atoms with E-state index in [0.717, 1.165) is 6.07 Å². The van der Waals surface area contributed by atoms with Crippen molar-refractivity contribution in [2.75, 3.05) is 0 Å². The van der Waals surface area contributed by atoms with E-state index in [0.29, 0.717) is 0 Å². The minimum absolute atomic E-state index is 0.0984. The van der Waals surface area contributed by atoms with Crippen LogP contribution < -0.4 is 0 Å². The van der Waals surface area contributed by atoms with Crippen LogP contribution in [0.1, 0.15) is 29.3 Å². The molecule has 1 rings (SSSR count). The maximum Gasteiger partial charge on any atom is 0.264 e. The summed E-state index contributed by atoms with van der Waals surface area (Å²) in [7, 11) is 0. The molecule has 14 heavy (non-hydrogen) atoms. The normalized spacial score (nSPS) is 10.7. The smallest absolute Gasteiger partial charge is 0.264 e. The molecule has 0 radical (unpaired) electrons. The van der Waals surface area contributed by atoms with Gasteiger partial charge in [-0.25, -0.2) is 8.78 Å². The van der Waals surface area contributed by atoms with Crippen LogP contribution in [0.2, 0.25) is 10.0 Å². The van der Waals surface area contributed by atoms with Crippen LogP contribution in [0.3, 0.4) is 0 Å². The molecule has 0 fully saturated rings. The van der Waals surface area contributed by atoms with Crippen molar-refractivity contribution in [1.82, 2.24) is 0 Å². The van der Waals surface area contributed by atoms with Crippen LogP contribution in [0.15, 0.2) is 12.1 Å². The van der Waals surface area contributed by atoms with Crippen LogP contribution in [-0.4, -0.2) is 5.78 Å². The third-order valence-electron chi connectivity index (χ3n) is 1.71. The summed E-state index contributed by atoms with van der Waals surface area (Å²) < 4.78 is 24.9. The first kappa shape index (κ1) is 11.4. The highest BCUT2D eigenvalue weighted by Gasteiger charge is 2.20. The molecule has 0 aliphatic rings. The lowest BCUT2D eigenvalue weighted by atomic mass is 10.0. The summed E-state index contributed by atoms with van der Waals surface area (Å²) in [6, 6.07) is 2.35. The Balaban J connectivity index is 3.45. The number of Topliss-reactive ketones (excluding diaryl/α,β-unsaturated/α-hetero) is 1. The Kier molecular flexibility index (Phi) is 3.45. The number of ketones is 1. The molecule has 0 bridgehead atoms. The van der Waals surface area contributed by atoms with Gasteiger partial charge in [-0.2, -0.15) is 0 Å². The maximum absolute atomic E-state index is 12.4. The van der Waals surface area contributed by atoms with Crippen molar-refractivity contribution in [3.63, 3.8) is 0 Å². The predicted molar refractivity (Wildman–Crippen MR) is 51.4 cm³/mol. The van der Waals surface area contributed by atoms with Gasteiger partial charge in [0, 0.05) is 11.1 Å². The van der Waals surface area contributed by atoms with Crippen LogP contribution in [0, 0.1) is 0 Å². The van der Waals surface area contributed by atoms with Crippen LogP contribution in [0.5, 0.6) is 0 Å². The Hall–Kier alpha value is -0.670. The van der Waals surface area contributed by atoms with Gasteiger partial charge >= 0.3 is 0 Å². The van der Waals surface area contributed by atoms with Crippen LogP contribution in [0.25, 0.3) is 0 Å². The lowest BCUT2D eigenvalue weighted by Gasteiger charge is -2.08. The number of hydrogen-bond donors (Lipinski definition) is 0. The molecule has 1 aromatic carbocycles. The van der Waals surface area contributed by atoms with Gasteiger partial charge < -0.3 is 0 Å². The van der Waals surface area contributed by atoms with E-state index < -0.39 is 12.2 Å². The summed E-state index contributed by atoms with van der Waals surface area (Å²) in [5, 5.41) is -0.0155. The van der Waals surface area contributed by atoms with E-state index in [2.05, 4.69) is 0 Å². The summed E-state index contributed by atoms with van der Waals surface area (Å²) in [5.74, 6) is -0.521. The van der Waals surface area contributed by atoms with Gasteiger partial charge in [0.25, 0.3) is 6.43 Å². The Morgan fingerprint density at radius 2 is 1.93 bits per heavy atom. The number of alkyl halides is 2. The third-order valence-corrected chi connectivity index (χ3v) is 2.52. The van der Waals surface area contributed by atoms with E-state index in [1.54, 1.807) is 0 Å². The fourth-order valence-corrected chi connectivity index (χ4v) is 1.57. The van der Waals surface area contributed by atoms with E-state index in [-0.39, 0.29) is 21.2 Å². The van der Waals surface area contributed by atoms with Gasteiger partial charge in [0.1, 0.15) is 0 Å². The van der Waals surface area contributed by atoms with E-state index in [9.17, 15) is 13.6 Å². The molecule has 0 aliphatic carbocycles. The molecule has 0 saturated heterocycles. The molecule has 1 nitrogen and oxygen atoms in total. The van der Waals surface area contributed by atoms with Crippen molar-refractivity contribution in [3.8, 4) is 0 Å². The molecule has 0 N–H and O–H groups in total. The quantitative estimate of drug-likeness (QED) is 0.709. The second-order valence-electron chi connectivity index (χ2n) is 2.68. The fourth-order valence-electron chi connectivity index (χ4n) is 1.11. The van der Waals surface area contributed by atoms with Crippen LogP contribution in [-0.2, 0) is 0 Å². The topological polar surface area (TPSA) is 17.1 Å². The number of halogens is 4. The van der Waals surface area contributed by atoms with Gasteiger partial charge in [-0.3, -0.25) is 4.79 Å². The maximum atomic E-state index is 12.4. The van der Waals surface area contributed by atoms with Crippen molar-refractivity contribution in [1.29, 1.82) is 0 Å². The molecule has 76 valence electrons. The standard InChI is InChI=1S/C9H6Cl2F2O/c1-4(14)7-5(9(12)13)2-3-6(10)8(7)11/h2-3,9H,1H3. The summed E-state index contributed by atoms with van der Waals surface area (Å²) in [5.41, 5.74) is -0.582. The van der Waals surface area contributed by atoms with E-state index in [4.69, 9.17) is 23.2 Å². The zero-order valence-corrected chi connectivity index (χ0v) is 8.66. The highest BCUT2D eigenvalue weighted by Crippen LogP contribution is 2.33. The predicted octanol–water partition coefficient (Wildman–Crippen LogP) is 4.13. The third kappa shape index (κ3) is 2.04. The van der Waals surface area contributed by atoms with Crippen LogP contribution >= 0.6 is 23.2 Å². The molecule has 5 heteroatoms. The Morgan fingerprint density at radius 1 is 1.36 bits per heavy atom. The lowest BCUT2D eigenvalue weighted by molar-refractivity contribution is 0.0999. The molecule has 0 aliphatic heterocycles. The molecular weight excluding hydrogens is 233 g/mol. The minimum Gasteiger partial charge on any atom is -0.294 e. The first-order valence-corrected chi connectivity index (χ1v) is 4.47. The van der Waals surface area contributed by atoms with Crippen LogP contribution in [0.4, 0.5) is 8.78 Å². The Morgan fingerprint density at radius 3 is 2.36 bits per heavy atom. The average molecular weight is 239 g/mol. The second-order valence-corrected chi connectivity index (χ2v) is 3.47. The Bertz CT molecular complexity index is 377. The van der Waals surface area contributed by atoms with Crippen molar-refractivity contribution in [2.45, 2.75) is 13.3 Å². The highest BCUT2D eigenvalue weighted by molar-refractivity contribution is 6.44. The van der Waals surface area contributed by atoms with Crippen molar-refractivity contribution in [2.24, 2.45) is 0 Å². The van der Waals surface area contributed by atoms with Crippen molar-refractivity contribution < 1.29 is 13.6 Å². The molecule has 0 spiro atoms. The van der Waals surface area contributed by atoms with Gasteiger partial charge in [0.15, 0.2) is 5.78 Å². The number of benzene rings is 1. The fraction of sp³-hybridized carbons (Fsp3) is 0.222. The molecule has 0 aromatic heterocycles. The number of carbonyl (C=O) groups is 1. The average Bonchev–Trinajstić information content (AvgIpc) is 2.08. The van der Waals surface area contributed by atoms with E-state index >= 15 is 0 Å². The van der Waals surface area contributed by atoms with E-state index in [1.807, 2.05) is 0 Å². The van der Waals surface area contributed by atoms with E-state index in [1.165, 1.54) is 13.0 Å². The van der Waals surface area contributed by atoms with Crippen molar-refractivity contribution in [3.05, 3.63) is 33.3 Å². The summed E-state index contributed by atoms with van der Waals surface area (Å²) in [6.07, 6.45) is -2.73. The minimum atomic E-state index is -2.73. The zero-order valence-electron chi connectivity index (χ0n) is 7.15. The number of hydrogen-bond acceptors (Lipinski definition) is 1. The molecule has 0 heterocycles.